The van der Waals surface area contributed by atoms with Crippen molar-refractivity contribution in [3.63, 3.8) is 0 Å². The highest BCUT2D eigenvalue weighted by molar-refractivity contribution is 6.39. The van der Waals surface area contributed by atoms with Crippen LogP contribution < -0.4 is 20.1 Å². The van der Waals surface area contributed by atoms with Gasteiger partial charge in [0.05, 0.1) is 29.8 Å². The second-order valence-corrected chi connectivity index (χ2v) is 6.52. The predicted molar refractivity (Wildman–Crippen MR) is 107 cm³/mol. The zero-order valence-corrected chi connectivity index (χ0v) is 17.0. The lowest BCUT2D eigenvalue weighted by atomic mass is 10.1. The van der Waals surface area contributed by atoms with Crippen molar-refractivity contribution in [1.82, 2.24) is 10.6 Å². The summed E-state index contributed by atoms with van der Waals surface area (Å²) in [7, 11) is 2.78. The first-order valence-electron chi connectivity index (χ1n) is 8.27. The normalized spacial score (nSPS) is 11.3. The van der Waals surface area contributed by atoms with Gasteiger partial charge in [-0.2, -0.15) is 0 Å². The first kappa shape index (κ1) is 22.3. The second-order valence-electron chi connectivity index (χ2n) is 5.71. The molecule has 3 N–H and O–H groups in total. The molecule has 0 aliphatic carbocycles. The van der Waals surface area contributed by atoms with Crippen LogP contribution in [0.2, 0.25) is 10.0 Å². The van der Waals surface area contributed by atoms with Crippen molar-refractivity contribution in [1.29, 1.82) is 0 Å². The SMILES string of the molecule is COc1cccc(OC)c1C(=O)NCC(NC(=O)c1c(Cl)cccc1Cl)C(=O)O. The summed E-state index contributed by atoms with van der Waals surface area (Å²) in [6, 6.07) is 7.79. The van der Waals surface area contributed by atoms with Crippen LogP contribution in [0.15, 0.2) is 36.4 Å². The number of aliphatic carboxylic acids is 1. The number of carbonyl (C=O) groups excluding carboxylic acids is 2. The van der Waals surface area contributed by atoms with Crippen LogP contribution >= 0.6 is 23.2 Å². The third kappa shape index (κ3) is 5.30. The topological polar surface area (TPSA) is 114 Å². The molecule has 2 rings (SSSR count). The fourth-order valence-electron chi connectivity index (χ4n) is 2.50. The number of carboxylic acids is 1. The van der Waals surface area contributed by atoms with Gasteiger partial charge in [-0.05, 0) is 24.3 Å². The van der Waals surface area contributed by atoms with Gasteiger partial charge in [0.1, 0.15) is 23.1 Å². The summed E-state index contributed by atoms with van der Waals surface area (Å²) < 4.78 is 10.3. The molecule has 10 heteroatoms. The molecule has 0 aliphatic heterocycles. The van der Waals surface area contributed by atoms with E-state index in [1.807, 2.05) is 0 Å². The molecule has 0 spiro atoms. The maximum Gasteiger partial charge on any atom is 0.328 e. The van der Waals surface area contributed by atoms with Gasteiger partial charge in [0.2, 0.25) is 0 Å². The monoisotopic (exact) mass is 440 g/mol. The summed E-state index contributed by atoms with van der Waals surface area (Å²) in [6.07, 6.45) is 0. The Hall–Kier alpha value is -2.97. The first-order chi connectivity index (χ1) is 13.8. The van der Waals surface area contributed by atoms with Crippen molar-refractivity contribution in [3.05, 3.63) is 57.6 Å². The molecule has 8 nitrogen and oxygen atoms in total. The fourth-order valence-corrected chi connectivity index (χ4v) is 3.07. The van der Waals surface area contributed by atoms with Crippen molar-refractivity contribution in [2.75, 3.05) is 20.8 Å². The lowest BCUT2D eigenvalue weighted by Crippen LogP contribution is -2.48. The zero-order chi connectivity index (χ0) is 21.6. The molecule has 0 aromatic heterocycles. The number of rotatable bonds is 8. The average molecular weight is 441 g/mol. The summed E-state index contributed by atoms with van der Waals surface area (Å²) >= 11 is 11.9. The molecular weight excluding hydrogens is 423 g/mol. The van der Waals surface area contributed by atoms with E-state index in [0.717, 1.165) is 0 Å². The number of halogens is 2. The number of ether oxygens (including phenoxy) is 2. The molecule has 0 heterocycles. The van der Waals surface area contributed by atoms with E-state index < -0.39 is 30.4 Å². The van der Waals surface area contributed by atoms with Crippen molar-refractivity contribution in [3.8, 4) is 11.5 Å². The second kappa shape index (κ2) is 9.99. The lowest BCUT2D eigenvalue weighted by molar-refractivity contribution is -0.139. The Morgan fingerprint density at radius 3 is 1.93 bits per heavy atom. The minimum absolute atomic E-state index is 0.0557. The van der Waals surface area contributed by atoms with Gasteiger partial charge >= 0.3 is 5.97 Å². The van der Waals surface area contributed by atoms with E-state index in [-0.39, 0.29) is 32.7 Å². The van der Waals surface area contributed by atoms with E-state index in [9.17, 15) is 19.5 Å². The molecule has 0 aliphatic rings. The van der Waals surface area contributed by atoms with E-state index in [0.29, 0.717) is 0 Å². The van der Waals surface area contributed by atoms with Gasteiger partial charge in [-0.3, -0.25) is 9.59 Å². The number of nitrogens with one attached hydrogen (secondary N) is 2. The minimum Gasteiger partial charge on any atom is -0.496 e. The van der Waals surface area contributed by atoms with Gasteiger partial charge in [0, 0.05) is 6.54 Å². The van der Waals surface area contributed by atoms with E-state index in [4.69, 9.17) is 32.7 Å². The molecule has 0 saturated carbocycles. The summed E-state index contributed by atoms with van der Waals surface area (Å²) in [6.45, 7) is -0.400. The molecular formula is C19H18Cl2N2O6. The number of amides is 2. The van der Waals surface area contributed by atoms with E-state index in [1.165, 1.54) is 26.4 Å². The third-order valence-electron chi connectivity index (χ3n) is 3.91. The molecule has 0 bridgehead atoms. The third-order valence-corrected chi connectivity index (χ3v) is 4.54. The molecule has 1 unspecified atom stereocenters. The van der Waals surface area contributed by atoms with Crippen LogP contribution in [-0.4, -0.2) is 49.7 Å². The van der Waals surface area contributed by atoms with Crippen LogP contribution in [0.25, 0.3) is 0 Å². The minimum atomic E-state index is -1.43. The maximum atomic E-state index is 12.6. The van der Waals surface area contributed by atoms with Crippen LogP contribution in [0.1, 0.15) is 20.7 Å². The molecule has 0 fully saturated rings. The Balaban J connectivity index is 2.16. The highest BCUT2D eigenvalue weighted by Crippen LogP contribution is 2.28. The summed E-state index contributed by atoms with van der Waals surface area (Å²) in [5, 5.41) is 14.3. The number of benzene rings is 2. The molecule has 2 aromatic carbocycles. The maximum absolute atomic E-state index is 12.6. The number of hydrogen-bond donors (Lipinski definition) is 3. The molecule has 2 aromatic rings. The van der Waals surface area contributed by atoms with E-state index in [2.05, 4.69) is 10.6 Å². The number of methoxy groups -OCH3 is 2. The summed E-state index contributed by atoms with van der Waals surface area (Å²) in [5.74, 6) is -2.26. The van der Waals surface area contributed by atoms with Crippen LogP contribution in [0.5, 0.6) is 11.5 Å². The van der Waals surface area contributed by atoms with Gasteiger partial charge in [-0.25, -0.2) is 4.79 Å². The Bertz CT molecular complexity index is 892. The van der Waals surface area contributed by atoms with Crippen molar-refractivity contribution < 1.29 is 29.0 Å². The smallest absolute Gasteiger partial charge is 0.328 e. The molecule has 0 saturated heterocycles. The molecule has 0 radical (unpaired) electrons. The van der Waals surface area contributed by atoms with Crippen LogP contribution in [0.4, 0.5) is 0 Å². The van der Waals surface area contributed by atoms with Crippen molar-refractivity contribution >= 4 is 41.0 Å². The van der Waals surface area contributed by atoms with E-state index in [1.54, 1.807) is 24.3 Å². The van der Waals surface area contributed by atoms with Gasteiger partial charge in [-0.15, -0.1) is 0 Å². The van der Waals surface area contributed by atoms with E-state index >= 15 is 0 Å². The molecule has 29 heavy (non-hydrogen) atoms. The predicted octanol–water partition coefficient (Wildman–Crippen LogP) is 2.62. The molecule has 154 valence electrons. The van der Waals surface area contributed by atoms with Gasteiger partial charge in [0.15, 0.2) is 0 Å². The highest BCUT2D eigenvalue weighted by atomic mass is 35.5. The highest BCUT2D eigenvalue weighted by Gasteiger charge is 2.25. The quantitative estimate of drug-likeness (QED) is 0.581. The summed E-state index contributed by atoms with van der Waals surface area (Å²) in [4.78, 5) is 36.5. The zero-order valence-electron chi connectivity index (χ0n) is 15.5. The standard InChI is InChI=1S/C19H18Cl2N2O6/c1-28-13-7-4-8-14(29-2)16(13)17(24)22-9-12(19(26)27)23-18(25)15-10(20)5-3-6-11(15)21/h3-8,12H,9H2,1-2H3,(H,22,24)(H,23,25)(H,26,27). The number of carboxylic acid groups (broad SMARTS) is 1. The van der Waals surface area contributed by atoms with Gasteiger partial charge < -0.3 is 25.2 Å². The lowest BCUT2D eigenvalue weighted by Gasteiger charge is -2.18. The van der Waals surface area contributed by atoms with Crippen molar-refractivity contribution in [2.45, 2.75) is 6.04 Å². The number of hydrogen-bond acceptors (Lipinski definition) is 5. The summed E-state index contributed by atoms with van der Waals surface area (Å²) in [5.41, 5.74) is 0.0434. The Morgan fingerprint density at radius 1 is 0.931 bits per heavy atom. The van der Waals surface area contributed by atoms with Crippen LogP contribution in [-0.2, 0) is 4.79 Å². The van der Waals surface area contributed by atoms with Gasteiger partial charge in [-0.1, -0.05) is 35.3 Å². The number of carbonyl (C=O) groups is 3. The van der Waals surface area contributed by atoms with Crippen LogP contribution in [0, 0.1) is 0 Å². The Labute approximate surface area is 176 Å². The van der Waals surface area contributed by atoms with Crippen LogP contribution in [0.3, 0.4) is 0 Å². The molecule has 2 amide bonds. The van der Waals surface area contributed by atoms with Crippen molar-refractivity contribution in [2.24, 2.45) is 0 Å². The van der Waals surface area contributed by atoms with Gasteiger partial charge in [0.25, 0.3) is 11.8 Å². The Morgan fingerprint density at radius 2 is 1.45 bits per heavy atom. The molecule has 1 atom stereocenters. The Kier molecular flexibility index (Phi) is 7.69. The largest absolute Gasteiger partial charge is 0.496 e. The average Bonchev–Trinajstić information content (AvgIpc) is 2.69. The fraction of sp³-hybridized carbons (Fsp3) is 0.211. The first-order valence-corrected chi connectivity index (χ1v) is 9.02.